The molecule has 9 heteroatoms. The van der Waals surface area contributed by atoms with Gasteiger partial charge in [-0.1, -0.05) is 23.4 Å². The number of hydrogen-bond donors (Lipinski definition) is 0. The highest BCUT2D eigenvalue weighted by Gasteiger charge is 2.13. The molecule has 0 radical (unpaired) electrons. The molecule has 2 aromatic carbocycles. The van der Waals surface area contributed by atoms with Crippen molar-refractivity contribution in [3.05, 3.63) is 60.2 Å². The zero-order valence-corrected chi connectivity index (χ0v) is 15.0. The Morgan fingerprint density at radius 2 is 1.60 bits per heavy atom. The Kier molecular flexibility index (Phi) is 6.16. The third kappa shape index (κ3) is 6.55. The minimum absolute atomic E-state index is 0.0804. The third-order valence-electron chi connectivity index (χ3n) is 2.95. The predicted molar refractivity (Wildman–Crippen MR) is 94.0 cm³/mol. The van der Waals surface area contributed by atoms with E-state index in [1.54, 1.807) is 30.3 Å². The molecule has 0 spiro atoms. The molecule has 25 heavy (non-hydrogen) atoms. The van der Waals surface area contributed by atoms with Gasteiger partial charge in [-0.3, -0.25) is 0 Å². The number of hydrogen-bond acceptors (Lipinski definition) is 7. The molecule has 0 aliphatic heterocycles. The molecule has 0 saturated carbocycles. The van der Waals surface area contributed by atoms with Crippen molar-refractivity contribution in [3.8, 4) is 5.75 Å². The van der Waals surface area contributed by atoms with E-state index in [0.717, 1.165) is 6.26 Å². The summed E-state index contributed by atoms with van der Waals surface area (Å²) in [5, 5.41) is 3.69. The number of benzene rings is 2. The average Bonchev–Trinajstić information content (AvgIpc) is 2.55. The molecule has 134 valence electrons. The van der Waals surface area contributed by atoms with Crippen LogP contribution in [0.1, 0.15) is 5.56 Å². The van der Waals surface area contributed by atoms with E-state index in [0.29, 0.717) is 5.56 Å². The van der Waals surface area contributed by atoms with Crippen LogP contribution in [0.15, 0.2) is 64.6 Å². The summed E-state index contributed by atoms with van der Waals surface area (Å²) in [6, 6.07) is 14.2. The van der Waals surface area contributed by atoms with Crippen LogP contribution in [0.2, 0.25) is 0 Å². The second kappa shape index (κ2) is 8.13. The van der Waals surface area contributed by atoms with E-state index in [2.05, 4.69) is 5.16 Å². The maximum atomic E-state index is 12.0. The van der Waals surface area contributed by atoms with Crippen LogP contribution in [0.25, 0.3) is 0 Å². The Morgan fingerprint density at radius 3 is 2.20 bits per heavy atom. The van der Waals surface area contributed by atoms with Gasteiger partial charge in [0.15, 0.2) is 9.84 Å². The van der Waals surface area contributed by atoms with E-state index in [1.165, 1.54) is 30.5 Å². The first-order chi connectivity index (χ1) is 11.8. The zero-order valence-electron chi connectivity index (χ0n) is 13.4. The summed E-state index contributed by atoms with van der Waals surface area (Å²) in [4.78, 5) is 5.21. The molecule has 0 aliphatic rings. The van der Waals surface area contributed by atoms with Crippen molar-refractivity contribution >= 4 is 26.2 Å². The van der Waals surface area contributed by atoms with Gasteiger partial charge in [0.1, 0.15) is 12.4 Å². The van der Waals surface area contributed by atoms with E-state index >= 15 is 0 Å². The van der Waals surface area contributed by atoms with Gasteiger partial charge in [-0.15, -0.1) is 0 Å². The van der Waals surface area contributed by atoms with Gasteiger partial charge in [0.2, 0.25) is 0 Å². The number of sulfone groups is 1. The lowest BCUT2D eigenvalue weighted by molar-refractivity contribution is 0.162. The highest BCUT2D eigenvalue weighted by Crippen LogP contribution is 2.13. The molecule has 0 aromatic heterocycles. The fraction of sp³-hybridized carbons (Fsp3) is 0.188. The Hall–Kier alpha value is -2.39. The Bertz CT molecular complexity index is 920. The second-order valence-electron chi connectivity index (χ2n) is 5.06. The monoisotopic (exact) mass is 383 g/mol. The van der Waals surface area contributed by atoms with Gasteiger partial charge in [-0.05, 0) is 42.0 Å². The maximum Gasteiger partial charge on any atom is 0.306 e. The molecular weight excluding hydrogens is 366 g/mol. The third-order valence-corrected chi connectivity index (χ3v) is 5.14. The average molecular weight is 383 g/mol. The fourth-order valence-corrected chi connectivity index (χ4v) is 3.39. The molecule has 0 fully saturated rings. The second-order valence-corrected chi connectivity index (χ2v) is 8.74. The van der Waals surface area contributed by atoms with Crippen LogP contribution in [-0.4, -0.2) is 41.7 Å². The quantitative estimate of drug-likeness (QED) is 0.299. The standard InChI is InChI=1S/C16H17NO6S2/c1-24(18,19)23-15-9-7-14(8-10-15)13-17-22-11-12-25(20,21)16-5-3-2-4-6-16/h2-10,13H,11-12H2,1H3/b17-13+. The van der Waals surface area contributed by atoms with Crippen LogP contribution in [0, 0.1) is 0 Å². The lowest BCUT2D eigenvalue weighted by Crippen LogP contribution is -2.11. The van der Waals surface area contributed by atoms with Crippen molar-refractivity contribution in [3.63, 3.8) is 0 Å². The topological polar surface area (TPSA) is 99.1 Å². The Morgan fingerprint density at radius 1 is 0.960 bits per heavy atom. The first-order valence-electron chi connectivity index (χ1n) is 7.19. The molecule has 0 unspecified atom stereocenters. The van der Waals surface area contributed by atoms with E-state index in [4.69, 9.17) is 9.02 Å². The molecule has 7 nitrogen and oxygen atoms in total. The molecule has 0 bridgehead atoms. The SMILES string of the molecule is CS(=O)(=O)Oc1ccc(/C=N/OCCS(=O)(=O)c2ccccc2)cc1. The van der Waals surface area contributed by atoms with Crippen LogP contribution in [0.5, 0.6) is 5.75 Å². The van der Waals surface area contributed by atoms with Crippen LogP contribution in [0.3, 0.4) is 0 Å². The summed E-state index contributed by atoms with van der Waals surface area (Å²) in [5.41, 5.74) is 0.645. The van der Waals surface area contributed by atoms with Crippen LogP contribution in [0.4, 0.5) is 0 Å². The Labute approximate surface area is 146 Å². The van der Waals surface area contributed by atoms with Gasteiger partial charge < -0.3 is 9.02 Å². The summed E-state index contributed by atoms with van der Waals surface area (Å²) in [6.45, 7) is -0.0804. The first-order valence-corrected chi connectivity index (χ1v) is 10.7. The lowest BCUT2D eigenvalue weighted by atomic mass is 10.2. The van der Waals surface area contributed by atoms with Crippen molar-refractivity contribution in [2.24, 2.45) is 5.16 Å². The van der Waals surface area contributed by atoms with Crippen molar-refractivity contribution in [1.82, 2.24) is 0 Å². The Balaban J connectivity index is 1.83. The van der Waals surface area contributed by atoms with Crippen molar-refractivity contribution in [2.75, 3.05) is 18.6 Å². The molecule has 0 saturated heterocycles. The lowest BCUT2D eigenvalue weighted by Gasteiger charge is -2.03. The van der Waals surface area contributed by atoms with Crippen LogP contribution in [-0.2, 0) is 24.8 Å². The van der Waals surface area contributed by atoms with E-state index < -0.39 is 20.0 Å². The highest BCUT2D eigenvalue weighted by molar-refractivity contribution is 7.91. The summed E-state index contributed by atoms with van der Waals surface area (Å²) >= 11 is 0. The first kappa shape index (κ1) is 18.9. The minimum Gasteiger partial charge on any atom is -0.395 e. The molecule has 0 atom stereocenters. The highest BCUT2D eigenvalue weighted by atomic mass is 32.2. The van der Waals surface area contributed by atoms with Crippen molar-refractivity contribution < 1.29 is 25.9 Å². The van der Waals surface area contributed by atoms with Crippen molar-refractivity contribution in [1.29, 1.82) is 0 Å². The van der Waals surface area contributed by atoms with Crippen LogP contribution >= 0.6 is 0 Å². The summed E-state index contributed by atoms with van der Waals surface area (Å²) < 4.78 is 50.7. The number of nitrogens with zero attached hydrogens (tertiary/aromatic N) is 1. The van der Waals surface area contributed by atoms with Crippen LogP contribution < -0.4 is 4.18 Å². The minimum atomic E-state index is -3.57. The zero-order chi connectivity index (χ0) is 18.3. The van der Waals surface area contributed by atoms with Gasteiger partial charge in [0, 0.05) is 0 Å². The summed E-state index contributed by atoms with van der Waals surface area (Å²) in [6.07, 6.45) is 2.35. The molecular formula is C16H17NO6S2. The van der Waals surface area contributed by atoms with Gasteiger partial charge >= 0.3 is 10.1 Å². The van der Waals surface area contributed by atoms with E-state index in [1.807, 2.05) is 0 Å². The largest absolute Gasteiger partial charge is 0.395 e. The molecule has 0 aliphatic carbocycles. The molecule has 0 heterocycles. The van der Waals surface area contributed by atoms with Gasteiger partial charge in [-0.25, -0.2) is 8.42 Å². The van der Waals surface area contributed by atoms with Gasteiger partial charge in [-0.2, -0.15) is 8.42 Å². The molecule has 2 aromatic rings. The summed E-state index contributed by atoms with van der Waals surface area (Å²) in [5.74, 6) is 0.00434. The normalized spacial score (nSPS) is 12.2. The fourth-order valence-electron chi connectivity index (χ4n) is 1.83. The number of oxime groups is 1. The van der Waals surface area contributed by atoms with E-state index in [9.17, 15) is 16.8 Å². The van der Waals surface area contributed by atoms with Gasteiger partial charge in [0.05, 0.1) is 23.1 Å². The van der Waals surface area contributed by atoms with E-state index in [-0.39, 0.29) is 23.0 Å². The van der Waals surface area contributed by atoms with Crippen molar-refractivity contribution in [2.45, 2.75) is 4.90 Å². The smallest absolute Gasteiger partial charge is 0.306 e. The predicted octanol–water partition coefficient (Wildman–Crippen LogP) is 1.85. The molecule has 0 N–H and O–H groups in total. The number of rotatable bonds is 8. The molecule has 0 amide bonds. The van der Waals surface area contributed by atoms with Gasteiger partial charge in [0.25, 0.3) is 0 Å². The summed E-state index contributed by atoms with van der Waals surface area (Å²) in [7, 11) is -6.97. The maximum absolute atomic E-state index is 12.0. The molecule has 2 rings (SSSR count).